The van der Waals surface area contributed by atoms with Gasteiger partial charge in [-0.2, -0.15) is 0 Å². The summed E-state index contributed by atoms with van der Waals surface area (Å²) >= 11 is 0. The number of carboxylic acids is 1. The summed E-state index contributed by atoms with van der Waals surface area (Å²) in [7, 11) is 0. The first kappa shape index (κ1) is 14.3. The van der Waals surface area contributed by atoms with Crippen LogP contribution in [0.25, 0.3) is 0 Å². The maximum absolute atomic E-state index is 12.5. The predicted molar refractivity (Wildman–Crippen MR) is 61.0 cm³/mol. The molecule has 0 bridgehead atoms. The van der Waals surface area contributed by atoms with Gasteiger partial charge in [0.05, 0.1) is 12.5 Å². The van der Waals surface area contributed by atoms with Crippen LogP contribution in [0.5, 0.6) is 0 Å². The summed E-state index contributed by atoms with van der Waals surface area (Å²) in [6.07, 6.45) is -0.363. The van der Waals surface area contributed by atoms with Crippen molar-refractivity contribution in [3.63, 3.8) is 0 Å². The number of furan rings is 1. The highest BCUT2D eigenvalue weighted by Crippen LogP contribution is 2.19. The second-order valence-corrected chi connectivity index (χ2v) is 3.80. The van der Waals surface area contributed by atoms with Gasteiger partial charge in [-0.15, -0.1) is 0 Å². The van der Waals surface area contributed by atoms with Crippen LogP contribution >= 0.6 is 0 Å². The minimum atomic E-state index is -3.11. The monoisotopic (exact) mass is 260 g/mol. The van der Waals surface area contributed by atoms with Crippen LogP contribution in [0.1, 0.15) is 18.6 Å². The van der Waals surface area contributed by atoms with Crippen LogP contribution in [0, 0.1) is 0 Å². The number of alkyl halides is 2. The minimum Gasteiger partial charge on any atom is -0.480 e. The van der Waals surface area contributed by atoms with Crippen molar-refractivity contribution in [1.29, 1.82) is 0 Å². The van der Waals surface area contributed by atoms with E-state index in [0.29, 0.717) is 5.76 Å². The zero-order chi connectivity index (χ0) is 13.6. The van der Waals surface area contributed by atoms with Gasteiger partial charge < -0.3 is 15.3 Å². The van der Waals surface area contributed by atoms with Gasteiger partial charge in [0, 0.05) is 6.54 Å². The lowest BCUT2D eigenvalue weighted by molar-refractivity contribution is -0.150. The van der Waals surface area contributed by atoms with Gasteiger partial charge in [-0.05, 0) is 25.0 Å². The van der Waals surface area contributed by atoms with Crippen LogP contribution < -0.4 is 5.73 Å². The highest BCUT2D eigenvalue weighted by atomic mass is 19.3. The van der Waals surface area contributed by atoms with E-state index in [2.05, 4.69) is 4.99 Å². The van der Waals surface area contributed by atoms with Crippen LogP contribution in [-0.4, -0.2) is 35.8 Å². The number of carbonyl (C=O) groups is 1. The van der Waals surface area contributed by atoms with Crippen LogP contribution in [0.4, 0.5) is 8.78 Å². The Morgan fingerprint density at radius 3 is 2.89 bits per heavy atom. The largest absolute Gasteiger partial charge is 0.480 e. The van der Waals surface area contributed by atoms with E-state index in [1.54, 1.807) is 12.1 Å². The van der Waals surface area contributed by atoms with Gasteiger partial charge in [-0.3, -0.25) is 4.99 Å². The van der Waals surface area contributed by atoms with Crippen molar-refractivity contribution in [1.82, 2.24) is 0 Å². The Morgan fingerprint density at radius 2 is 2.39 bits per heavy atom. The summed E-state index contributed by atoms with van der Waals surface area (Å²) in [5.74, 6) is -1.16. The van der Waals surface area contributed by atoms with Crippen molar-refractivity contribution >= 4 is 12.2 Å². The molecule has 7 heteroatoms. The Labute approximate surface area is 102 Å². The van der Waals surface area contributed by atoms with Gasteiger partial charge in [0.25, 0.3) is 6.43 Å². The third-order valence-corrected chi connectivity index (χ3v) is 2.43. The van der Waals surface area contributed by atoms with Gasteiger partial charge in [-0.1, -0.05) is 0 Å². The van der Waals surface area contributed by atoms with E-state index in [9.17, 15) is 13.6 Å². The smallest absolute Gasteiger partial charge is 0.329 e. The first-order valence-electron chi connectivity index (χ1n) is 5.30. The number of rotatable bonds is 7. The maximum Gasteiger partial charge on any atom is 0.329 e. The first-order valence-corrected chi connectivity index (χ1v) is 5.30. The lowest BCUT2D eigenvalue weighted by Gasteiger charge is -2.22. The fourth-order valence-electron chi connectivity index (χ4n) is 1.29. The number of nitrogens with two attached hydrogens (primary N) is 1. The first-order chi connectivity index (χ1) is 8.47. The molecule has 1 heterocycles. The molecule has 0 radical (unpaired) electrons. The Hall–Kier alpha value is -1.76. The molecular weight excluding hydrogens is 246 g/mol. The van der Waals surface area contributed by atoms with Crippen molar-refractivity contribution in [3.8, 4) is 0 Å². The molecule has 1 rings (SSSR count). The van der Waals surface area contributed by atoms with Gasteiger partial charge in [0.1, 0.15) is 5.76 Å². The highest BCUT2D eigenvalue weighted by Gasteiger charge is 2.43. The standard InChI is InChI=1S/C11H14F2N2O3/c12-9(13)11(14,10(16)17)4-2-5-15-7-8-3-1-6-18-8/h1,3,6-7,9H,2,4-5,14H2,(H,16,17). The van der Waals surface area contributed by atoms with Crippen molar-refractivity contribution in [2.24, 2.45) is 10.7 Å². The quantitative estimate of drug-likeness (QED) is 0.574. The molecule has 0 fully saturated rings. The lowest BCUT2D eigenvalue weighted by Crippen LogP contribution is -2.54. The number of aliphatic imine (C=N–C) groups is 1. The van der Waals surface area contributed by atoms with E-state index in [0.717, 1.165) is 0 Å². The topological polar surface area (TPSA) is 88.8 Å². The Bertz CT molecular complexity index is 406. The molecule has 0 spiro atoms. The molecule has 1 aromatic heterocycles. The zero-order valence-electron chi connectivity index (χ0n) is 9.55. The molecule has 1 atom stereocenters. The van der Waals surface area contributed by atoms with Crippen molar-refractivity contribution in [3.05, 3.63) is 24.2 Å². The highest BCUT2D eigenvalue weighted by molar-refractivity contribution is 5.79. The van der Waals surface area contributed by atoms with Crippen LogP contribution in [0.15, 0.2) is 27.8 Å². The second kappa shape index (κ2) is 6.25. The Kier molecular flexibility index (Phi) is 4.96. The molecule has 0 amide bonds. The number of aliphatic carboxylic acids is 1. The second-order valence-electron chi connectivity index (χ2n) is 3.80. The molecule has 0 aliphatic carbocycles. The molecule has 0 saturated carbocycles. The summed E-state index contributed by atoms with van der Waals surface area (Å²) in [4.78, 5) is 14.6. The molecule has 0 saturated heterocycles. The van der Waals surface area contributed by atoms with Crippen LogP contribution in [-0.2, 0) is 4.79 Å². The van der Waals surface area contributed by atoms with E-state index < -0.39 is 17.9 Å². The van der Waals surface area contributed by atoms with Gasteiger partial charge >= 0.3 is 5.97 Å². The third-order valence-electron chi connectivity index (χ3n) is 2.43. The molecule has 3 N–H and O–H groups in total. The lowest BCUT2D eigenvalue weighted by atomic mass is 9.95. The van der Waals surface area contributed by atoms with Gasteiger partial charge in [-0.25, -0.2) is 13.6 Å². The molecule has 0 aliphatic heterocycles. The van der Waals surface area contributed by atoms with E-state index in [1.807, 2.05) is 0 Å². The minimum absolute atomic E-state index is 0.157. The number of hydrogen-bond donors (Lipinski definition) is 2. The Balaban J connectivity index is 2.38. The molecule has 100 valence electrons. The van der Waals surface area contributed by atoms with E-state index in [-0.39, 0.29) is 19.4 Å². The van der Waals surface area contributed by atoms with Crippen LogP contribution in [0.3, 0.4) is 0 Å². The summed E-state index contributed by atoms with van der Waals surface area (Å²) in [5.41, 5.74) is 2.64. The fourth-order valence-corrected chi connectivity index (χ4v) is 1.29. The normalized spacial score (nSPS) is 15.1. The summed E-state index contributed by atoms with van der Waals surface area (Å²) in [5, 5.41) is 8.65. The summed E-state index contributed by atoms with van der Waals surface area (Å²) in [6.45, 7) is 0.208. The zero-order valence-corrected chi connectivity index (χ0v) is 9.55. The fraction of sp³-hybridized carbons (Fsp3) is 0.455. The molecule has 0 aliphatic rings. The SMILES string of the molecule is NC(CCCN=Cc1ccco1)(C(=O)O)C(F)F. The van der Waals surface area contributed by atoms with E-state index in [1.165, 1.54) is 12.5 Å². The number of hydrogen-bond acceptors (Lipinski definition) is 4. The predicted octanol–water partition coefficient (Wildman–Crippen LogP) is 1.53. The van der Waals surface area contributed by atoms with Gasteiger partial charge in [0.2, 0.25) is 0 Å². The molecule has 0 aromatic carbocycles. The van der Waals surface area contributed by atoms with Crippen LogP contribution in [0.2, 0.25) is 0 Å². The summed E-state index contributed by atoms with van der Waals surface area (Å²) in [6, 6.07) is 3.38. The number of halogens is 2. The third kappa shape index (κ3) is 3.63. The van der Waals surface area contributed by atoms with Crippen molar-refractivity contribution < 1.29 is 23.1 Å². The number of carboxylic acid groups (broad SMARTS) is 1. The summed E-state index contributed by atoms with van der Waals surface area (Å²) < 4.78 is 30.0. The van der Waals surface area contributed by atoms with Crippen molar-refractivity contribution in [2.45, 2.75) is 24.8 Å². The molecular formula is C11H14F2N2O3. The van der Waals surface area contributed by atoms with Crippen molar-refractivity contribution in [2.75, 3.05) is 6.54 Å². The Morgan fingerprint density at radius 1 is 1.67 bits per heavy atom. The molecule has 18 heavy (non-hydrogen) atoms. The number of nitrogens with zero attached hydrogens (tertiary/aromatic N) is 1. The molecule has 1 aromatic rings. The average molecular weight is 260 g/mol. The van der Waals surface area contributed by atoms with E-state index >= 15 is 0 Å². The molecule has 1 unspecified atom stereocenters. The van der Waals surface area contributed by atoms with Gasteiger partial charge in [0.15, 0.2) is 5.54 Å². The average Bonchev–Trinajstić information content (AvgIpc) is 2.80. The maximum atomic E-state index is 12.5. The molecule has 5 nitrogen and oxygen atoms in total. The van der Waals surface area contributed by atoms with E-state index in [4.69, 9.17) is 15.3 Å².